The van der Waals surface area contributed by atoms with Crippen LogP contribution in [-0.4, -0.2) is 13.3 Å². The largest absolute Gasteiger partial charge is 0.269 e. The molecule has 0 saturated carbocycles. The molecule has 3 aromatic rings. The highest BCUT2D eigenvalue weighted by Crippen LogP contribution is 2.21. The molecule has 0 saturated heterocycles. The van der Waals surface area contributed by atoms with Crippen LogP contribution in [-0.2, 0) is 0 Å². The maximum atomic E-state index is 4.58. The number of anilines is 1. The van der Waals surface area contributed by atoms with Gasteiger partial charge in [-0.2, -0.15) is 5.10 Å². The predicted molar refractivity (Wildman–Crippen MR) is 95.9 cm³/mol. The molecule has 0 N–H and O–H groups in total. The van der Waals surface area contributed by atoms with E-state index in [9.17, 15) is 0 Å². The maximum absolute atomic E-state index is 4.58. The van der Waals surface area contributed by atoms with Gasteiger partial charge in [0.25, 0.3) is 0 Å². The minimum atomic E-state index is 1.08. The monoisotopic (exact) mass is 288 g/mol. The van der Waals surface area contributed by atoms with E-state index in [1.54, 1.807) is 0 Å². The van der Waals surface area contributed by atoms with Gasteiger partial charge in [0.05, 0.1) is 11.9 Å². The van der Waals surface area contributed by atoms with Crippen LogP contribution in [0.3, 0.4) is 0 Å². The van der Waals surface area contributed by atoms with Crippen LogP contribution in [0.15, 0.2) is 65.8 Å². The van der Waals surface area contributed by atoms with E-state index in [1.807, 2.05) is 18.3 Å². The van der Waals surface area contributed by atoms with Crippen molar-refractivity contribution in [3.8, 4) is 0 Å². The van der Waals surface area contributed by atoms with Gasteiger partial charge >= 0.3 is 0 Å². The van der Waals surface area contributed by atoms with Crippen molar-refractivity contribution in [3.63, 3.8) is 0 Å². The van der Waals surface area contributed by atoms with Crippen molar-refractivity contribution in [2.45, 2.75) is 13.8 Å². The predicted octanol–water partition coefficient (Wildman–Crippen LogP) is 4.93. The number of aryl methyl sites for hydroxylation is 2. The van der Waals surface area contributed by atoms with Crippen molar-refractivity contribution in [3.05, 3.63) is 77.4 Å². The Morgan fingerprint density at radius 1 is 0.864 bits per heavy atom. The summed E-state index contributed by atoms with van der Waals surface area (Å²) >= 11 is 0. The van der Waals surface area contributed by atoms with E-state index < -0.39 is 0 Å². The second kappa shape index (κ2) is 6.02. The van der Waals surface area contributed by atoms with E-state index in [1.165, 1.54) is 21.9 Å². The third kappa shape index (κ3) is 3.01. The SMILES string of the molecule is Cc1ccc(C)c(C=NN(C)c2ccc3ccccc3c2)c1. The van der Waals surface area contributed by atoms with Gasteiger partial charge in [-0.3, -0.25) is 5.01 Å². The summed E-state index contributed by atoms with van der Waals surface area (Å²) in [6.07, 6.45) is 1.93. The van der Waals surface area contributed by atoms with Crippen LogP contribution >= 0.6 is 0 Å². The second-order valence-corrected chi connectivity index (χ2v) is 5.66. The van der Waals surface area contributed by atoms with Crippen LogP contribution < -0.4 is 5.01 Å². The summed E-state index contributed by atoms with van der Waals surface area (Å²) in [5.41, 5.74) is 4.73. The van der Waals surface area contributed by atoms with Crippen molar-refractivity contribution < 1.29 is 0 Å². The van der Waals surface area contributed by atoms with Crippen molar-refractivity contribution in [2.24, 2.45) is 5.10 Å². The molecule has 22 heavy (non-hydrogen) atoms. The molecule has 0 heterocycles. The molecule has 0 fully saturated rings. The molecule has 0 unspecified atom stereocenters. The van der Waals surface area contributed by atoms with Gasteiger partial charge in [0.1, 0.15) is 0 Å². The third-order valence-corrected chi connectivity index (χ3v) is 3.91. The molecule has 0 bridgehead atoms. The van der Waals surface area contributed by atoms with E-state index in [4.69, 9.17) is 0 Å². The molecular formula is C20H20N2. The van der Waals surface area contributed by atoms with E-state index in [2.05, 4.69) is 79.6 Å². The first-order valence-corrected chi connectivity index (χ1v) is 7.47. The van der Waals surface area contributed by atoms with Crippen LogP contribution in [0.5, 0.6) is 0 Å². The number of hydrazone groups is 1. The Morgan fingerprint density at radius 3 is 2.45 bits per heavy atom. The molecule has 3 aromatic carbocycles. The van der Waals surface area contributed by atoms with Crippen LogP contribution in [0.25, 0.3) is 10.8 Å². The lowest BCUT2D eigenvalue weighted by molar-refractivity contribution is 1.03. The summed E-state index contributed by atoms with van der Waals surface area (Å²) in [6, 6.07) is 21.2. The standard InChI is InChI=1S/C20H20N2/c1-15-8-9-16(2)19(12-15)14-21-22(3)20-11-10-17-6-4-5-7-18(17)13-20/h4-14H,1-3H3. The Balaban J connectivity index is 1.87. The zero-order chi connectivity index (χ0) is 15.5. The van der Waals surface area contributed by atoms with Crippen LogP contribution in [0.2, 0.25) is 0 Å². The Labute approximate surface area is 131 Å². The number of hydrogen-bond acceptors (Lipinski definition) is 2. The minimum absolute atomic E-state index is 1.08. The van der Waals surface area contributed by atoms with Crippen LogP contribution in [0, 0.1) is 13.8 Å². The topological polar surface area (TPSA) is 15.6 Å². The number of hydrogen-bond donors (Lipinski definition) is 0. The summed E-state index contributed by atoms with van der Waals surface area (Å²) in [5, 5.41) is 8.97. The first kappa shape index (κ1) is 14.3. The lowest BCUT2D eigenvalue weighted by Gasteiger charge is -2.14. The Hall–Kier alpha value is -2.61. The van der Waals surface area contributed by atoms with Crippen molar-refractivity contribution in [1.82, 2.24) is 0 Å². The fraction of sp³-hybridized carbons (Fsp3) is 0.150. The zero-order valence-electron chi connectivity index (χ0n) is 13.2. The number of benzene rings is 3. The molecule has 0 aliphatic heterocycles. The number of nitrogens with zero attached hydrogens (tertiary/aromatic N) is 2. The molecule has 0 radical (unpaired) electrons. The molecule has 0 aromatic heterocycles. The fourth-order valence-corrected chi connectivity index (χ4v) is 2.49. The van der Waals surface area contributed by atoms with Gasteiger partial charge < -0.3 is 0 Å². The average Bonchev–Trinajstić information content (AvgIpc) is 2.55. The van der Waals surface area contributed by atoms with E-state index in [0.29, 0.717) is 0 Å². The fourth-order valence-electron chi connectivity index (χ4n) is 2.49. The van der Waals surface area contributed by atoms with Crippen LogP contribution in [0.1, 0.15) is 16.7 Å². The molecule has 0 atom stereocenters. The third-order valence-electron chi connectivity index (χ3n) is 3.91. The zero-order valence-corrected chi connectivity index (χ0v) is 13.2. The first-order chi connectivity index (χ1) is 10.6. The summed E-state index contributed by atoms with van der Waals surface area (Å²) < 4.78 is 0. The van der Waals surface area contributed by atoms with Gasteiger partial charge in [0, 0.05) is 7.05 Å². The summed E-state index contributed by atoms with van der Waals surface area (Å²) in [5.74, 6) is 0. The van der Waals surface area contributed by atoms with Crippen LogP contribution in [0.4, 0.5) is 5.69 Å². The van der Waals surface area contributed by atoms with E-state index in [0.717, 1.165) is 11.3 Å². The molecule has 2 heteroatoms. The van der Waals surface area contributed by atoms with Crippen molar-refractivity contribution >= 4 is 22.7 Å². The summed E-state index contributed by atoms with van der Waals surface area (Å²) in [7, 11) is 1.98. The molecule has 0 amide bonds. The summed E-state index contributed by atoms with van der Waals surface area (Å²) in [6.45, 7) is 4.21. The van der Waals surface area contributed by atoms with Gasteiger partial charge in [-0.25, -0.2) is 0 Å². The molecule has 0 spiro atoms. The lowest BCUT2D eigenvalue weighted by Crippen LogP contribution is -2.09. The van der Waals surface area contributed by atoms with Gasteiger partial charge in [-0.1, -0.05) is 54.1 Å². The molecule has 2 nitrogen and oxygen atoms in total. The van der Waals surface area contributed by atoms with E-state index >= 15 is 0 Å². The lowest BCUT2D eigenvalue weighted by atomic mass is 10.1. The Morgan fingerprint density at radius 2 is 1.64 bits per heavy atom. The molecule has 0 aliphatic rings. The quantitative estimate of drug-likeness (QED) is 0.493. The molecular weight excluding hydrogens is 268 g/mol. The second-order valence-electron chi connectivity index (χ2n) is 5.66. The van der Waals surface area contributed by atoms with E-state index in [-0.39, 0.29) is 0 Å². The number of rotatable bonds is 3. The van der Waals surface area contributed by atoms with Gasteiger partial charge in [0.15, 0.2) is 0 Å². The average molecular weight is 288 g/mol. The molecule has 3 rings (SSSR count). The highest BCUT2D eigenvalue weighted by atomic mass is 15.4. The number of fused-ring (bicyclic) bond motifs is 1. The Bertz CT molecular complexity index is 834. The van der Waals surface area contributed by atoms with Gasteiger partial charge in [-0.05, 0) is 47.9 Å². The first-order valence-electron chi connectivity index (χ1n) is 7.47. The molecule has 0 aliphatic carbocycles. The Kier molecular flexibility index (Phi) is 3.92. The maximum Gasteiger partial charge on any atom is 0.0596 e. The van der Waals surface area contributed by atoms with Gasteiger partial charge in [0.2, 0.25) is 0 Å². The smallest absolute Gasteiger partial charge is 0.0596 e. The molecule has 110 valence electrons. The normalized spacial score (nSPS) is 11.2. The van der Waals surface area contributed by atoms with Crippen molar-refractivity contribution in [1.29, 1.82) is 0 Å². The highest BCUT2D eigenvalue weighted by Gasteiger charge is 2.01. The highest BCUT2D eigenvalue weighted by molar-refractivity contribution is 5.86. The minimum Gasteiger partial charge on any atom is -0.269 e. The van der Waals surface area contributed by atoms with Crippen molar-refractivity contribution in [2.75, 3.05) is 12.1 Å². The van der Waals surface area contributed by atoms with Gasteiger partial charge in [-0.15, -0.1) is 0 Å². The summed E-state index contributed by atoms with van der Waals surface area (Å²) in [4.78, 5) is 0.